The SMILES string of the molecule is Cc1ccc(S(N)(=O)=O)cc1NC1CC(C)CC(C)C1. The van der Waals surface area contributed by atoms with E-state index >= 15 is 0 Å². The Morgan fingerprint density at radius 1 is 1.15 bits per heavy atom. The van der Waals surface area contributed by atoms with Gasteiger partial charge in [0.2, 0.25) is 10.0 Å². The molecule has 0 saturated heterocycles. The van der Waals surface area contributed by atoms with E-state index in [0.717, 1.165) is 24.1 Å². The van der Waals surface area contributed by atoms with Gasteiger partial charge in [-0.15, -0.1) is 0 Å². The molecule has 4 nitrogen and oxygen atoms in total. The van der Waals surface area contributed by atoms with Gasteiger partial charge in [-0.1, -0.05) is 19.9 Å². The van der Waals surface area contributed by atoms with Crippen molar-refractivity contribution in [2.45, 2.75) is 51.0 Å². The Bertz CT molecular complexity index is 574. The topological polar surface area (TPSA) is 72.2 Å². The monoisotopic (exact) mass is 296 g/mol. The average Bonchev–Trinajstić information content (AvgIpc) is 2.29. The third kappa shape index (κ3) is 3.73. The van der Waals surface area contributed by atoms with Gasteiger partial charge in [0, 0.05) is 11.7 Å². The van der Waals surface area contributed by atoms with Crippen LogP contribution in [0, 0.1) is 18.8 Å². The molecule has 0 aliphatic heterocycles. The van der Waals surface area contributed by atoms with Crippen LogP contribution >= 0.6 is 0 Å². The molecular weight excluding hydrogens is 272 g/mol. The van der Waals surface area contributed by atoms with Crippen molar-refractivity contribution >= 4 is 15.7 Å². The molecule has 0 aromatic heterocycles. The van der Waals surface area contributed by atoms with Crippen LogP contribution in [0.5, 0.6) is 0 Å². The Labute approximate surface area is 121 Å². The lowest BCUT2D eigenvalue weighted by atomic mass is 9.80. The lowest BCUT2D eigenvalue weighted by Crippen LogP contribution is -2.30. The van der Waals surface area contributed by atoms with E-state index in [9.17, 15) is 8.42 Å². The van der Waals surface area contributed by atoms with Gasteiger partial charge in [0.25, 0.3) is 0 Å². The van der Waals surface area contributed by atoms with E-state index in [1.54, 1.807) is 18.2 Å². The number of sulfonamides is 1. The molecule has 0 heterocycles. The molecule has 1 saturated carbocycles. The zero-order valence-electron chi connectivity index (χ0n) is 12.4. The van der Waals surface area contributed by atoms with E-state index < -0.39 is 10.0 Å². The second-order valence-corrected chi connectivity index (χ2v) is 7.84. The van der Waals surface area contributed by atoms with Crippen LogP contribution in [-0.4, -0.2) is 14.5 Å². The minimum absolute atomic E-state index is 0.169. The van der Waals surface area contributed by atoms with E-state index in [4.69, 9.17) is 5.14 Å². The summed E-state index contributed by atoms with van der Waals surface area (Å²) in [6.45, 7) is 6.53. The van der Waals surface area contributed by atoms with E-state index in [0.29, 0.717) is 17.9 Å². The third-order valence-electron chi connectivity index (χ3n) is 4.08. The number of primary sulfonamides is 1. The molecule has 0 bridgehead atoms. The van der Waals surface area contributed by atoms with Crippen molar-refractivity contribution in [2.75, 3.05) is 5.32 Å². The van der Waals surface area contributed by atoms with Gasteiger partial charge in [-0.3, -0.25) is 0 Å². The lowest BCUT2D eigenvalue weighted by Gasteiger charge is -2.33. The van der Waals surface area contributed by atoms with Gasteiger partial charge >= 0.3 is 0 Å². The Kier molecular flexibility index (Phi) is 4.39. The lowest BCUT2D eigenvalue weighted by molar-refractivity contribution is 0.281. The average molecular weight is 296 g/mol. The summed E-state index contributed by atoms with van der Waals surface area (Å²) in [5.41, 5.74) is 1.92. The minimum Gasteiger partial charge on any atom is -0.382 e. The van der Waals surface area contributed by atoms with Crippen molar-refractivity contribution in [3.8, 4) is 0 Å². The molecule has 2 unspecified atom stereocenters. The van der Waals surface area contributed by atoms with Gasteiger partial charge in [0.15, 0.2) is 0 Å². The second kappa shape index (κ2) is 5.74. The summed E-state index contributed by atoms with van der Waals surface area (Å²) >= 11 is 0. The fourth-order valence-corrected chi connectivity index (χ4v) is 3.76. The number of aryl methyl sites for hydroxylation is 1. The standard InChI is InChI=1S/C15H24N2O2S/c1-10-6-11(2)8-13(7-10)17-15-9-14(20(16,18)19)5-4-12(15)3/h4-5,9-11,13,17H,6-8H2,1-3H3,(H2,16,18,19). The highest BCUT2D eigenvalue weighted by Crippen LogP contribution is 2.31. The summed E-state index contributed by atoms with van der Waals surface area (Å²) in [5, 5.41) is 8.70. The quantitative estimate of drug-likeness (QED) is 0.901. The van der Waals surface area contributed by atoms with E-state index in [2.05, 4.69) is 19.2 Å². The largest absolute Gasteiger partial charge is 0.382 e. The molecule has 0 spiro atoms. The number of hydrogen-bond donors (Lipinski definition) is 2. The number of rotatable bonds is 3. The van der Waals surface area contributed by atoms with Crippen LogP contribution in [0.15, 0.2) is 23.1 Å². The van der Waals surface area contributed by atoms with E-state index in [1.165, 1.54) is 6.42 Å². The van der Waals surface area contributed by atoms with Gasteiger partial charge in [0.05, 0.1) is 4.90 Å². The molecule has 2 rings (SSSR count). The van der Waals surface area contributed by atoms with Crippen LogP contribution in [0.2, 0.25) is 0 Å². The number of benzene rings is 1. The number of anilines is 1. The van der Waals surface area contributed by atoms with Gasteiger partial charge in [-0.25, -0.2) is 13.6 Å². The zero-order chi connectivity index (χ0) is 14.9. The molecule has 0 amide bonds. The first kappa shape index (κ1) is 15.3. The van der Waals surface area contributed by atoms with Gasteiger partial charge in [-0.2, -0.15) is 0 Å². The first-order chi connectivity index (χ1) is 9.25. The van der Waals surface area contributed by atoms with Crippen molar-refractivity contribution < 1.29 is 8.42 Å². The van der Waals surface area contributed by atoms with Gasteiger partial charge in [-0.05, 0) is 55.7 Å². The summed E-state index contributed by atoms with van der Waals surface area (Å²) in [7, 11) is -3.64. The molecule has 0 radical (unpaired) electrons. The smallest absolute Gasteiger partial charge is 0.238 e. The van der Waals surface area contributed by atoms with E-state index in [1.807, 2.05) is 6.92 Å². The van der Waals surface area contributed by atoms with Crippen LogP contribution < -0.4 is 10.5 Å². The molecular formula is C15H24N2O2S. The molecule has 1 aromatic carbocycles. The van der Waals surface area contributed by atoms with Gasteiger partial charge < -0.3 is 5.32 Å². The van der Waals surface area contributed by atoms with Crippen LogP contribution in [0.4, 0.5) is 5.69 Å². The summed E-state index contributed by atoms with van der Waals surface area (Å²) < 4.78 is 22.9. The fraction of sp³-hybridized carbons (Fsp3) is 0.600. The van der Waals surface area contributed by atoms with Crippen molar-refractivity contribution in [3.05, 3.63) is 23.8 Å². The summed E-state index contributed by atoms with van der Waals surface area (Å²) in [6, 6.07) is 5.41. The molecule has 2 atom stereocenters. The van der Waals surface area contributed by atoms with Crippen molar-refractivity contribution in [1.82, 2.24) is 0 Å². The molecule has 1 fully saturated rings. The number of nitrogens with one attached hydrogen (secondary N) is 1. The first-order valence-electron chi connectivity index (χ1n) is 7.15. The van der Waals surface area contributed by atoms with Crippen molar-refractivity contribution in [3.63, 3.8) is 0 Å². The van der Waals surface area contributed by atoms with Crippen LogP contribution in [-0.2, 0) is 10.0 Å². The Morgan fingerprint density at radius 2 is 1.75 bits per heavy atom. The normalized spacial score (nSPS) is 27.3. The highest BCUT2D eigenvalue weighted by Gasteiger charge is 2.24. The first-order valence-corrected chi connectivity index (χ1v) is 8.70. The predicted octanol–water partition coefficient (Wildman–Crippen LogP) is 2.88. The Hall–Kier alpha value is -1.07. The van der Waals surface area contributed by atoms with Crippen molar-refractivity contribution in [1.29, 1.82) is 0 Å². The Morgan fingerprint density at radius 3 is 2.30 bits per heavy atom. The molecule has 1 aliphatic carbocycles. The van der Waals surface area contributed by atoms with Crippen molar-refractivity contribution in [2.24, 2.45) is 17.0 Å². The zero-order valence-corrected chi connectivity index (χ0v) is 13.2. The molecule has 112 valence electrons. The summed E-state index contributed by atoms with van der Waals surface area (Å²) in [6.07, 6.45) is 3.53. The van der Waals surface area contributed by atoms with E-state index in [-0.39, 0.29) is 4.90 Å². The molecule has 5 heteroatoms. The molecule has 3 N–H and O–H groups in total. The fourth-order valence-electron chi connectivity index (χ4n) is 3.22. The molecule has 1 aliphatic rings. The number of nitrogens with two attached hydrogens (primary N) is 1. The Balaban J connectivity index is 2.20. The highest BCUT2D eigenvalue weighted by molar-refractivity contribution is 7.89. The summed E-state index contributed by atoms with van der Waals surface area (Å²) in [4.78, 5) is 0.169. The number of hydrogen-bond acceptors (Lipinski definition) is 3. The summed E-state index contributed by atoms with van der Waals surface area (Å²) in [5.74, 6) is 1.41. The maximum absolute atomic E-state index is 11.4. The predicted molar refractivity (Wildman–Crippen MR) is 82.1 cm³/mol. The highest BCUT2D eigenvalue weighted by atomic mass is 32.2. The third-order valence-corrected chi connectivity index (χ3v) is 4.99. The van der Waals surface area contributed by atoms with Crippen LogP contribution in [0.3, 0.4) is 0 Å². The minimum atomic E-state index is -3.64. The second-order valence-electron chi connectivity index (χ2n) is 6.28. The van der Waals surface area contributed by atoms with Crippen LogP contribution in [0.25, 0.3) is 0 Å². The van der Waals surface area contributed by atoms with Crippen LogP contribution in [0.1, 0.15) is 38.7 Å². The maximum Gasteiger partial charge on any atom is 0.238 e. The molecule has 1 aromatic rings. The maximum atomic E-state index is 11.4. The van der Waals surface area contributed by atoms with Gasteiger partial charge in [0.1, 0.15) is 0 Å². The molecule has 20 heavy (non-hydrogen) atoms.